The first-order valence-corrected chi connectivity index (χ1v) is 6.33. The van der Waals surface area contributed by atoms with Gasteiger partial charge in [0.25, 0.3) is 0 Å². The van der Waals surface area contributed by atoms with E-state index in [9.17, 15) is 4.79 Å². The fourth-order valence-corrected chi connectivity index (χ4v) is 1.91. The van der Waals surface area contributed by atoms with Crippen molar-refractivity contribution in [1.82, 2.24) is 10.3 Å². The molecule has 1 aromatic rings. The minimum Gasteiger partial charge on any atom is -0.347 e. The molecule has 2 unspecified atom stereocenters. The molecule has 4 nitrogen and oxygen atoms in total. The number of nitrogens with two attached hydrogens (primary N) is 1. The van der Waals surface area contributed by atoms with Crippen LogP contribution in [0.3, 0.4) is 0 Å². The van der Waals surface area contributed by atoms with E-state index in [1.807, 2.05) is 26.2 Å². The summed E-state index contributed by atoms with van der Waals surface area (Å²) >= 11 is 1.54. The summed E-state index contributed by atoms with van der Waals surface area (Å²) < 4.78 is 0. The lowest BCUT2D eigenvalue weighted by Gasteiger charge is -2.17. The molecule has 0 aliphatic rings. The van der Waals surface area contributed by atoms with Crippen molar-refractivity contribution >= 4 is 17.2 Å². The van der Waals surface area contributed by atoms with Crippen molar-refractivity contribution < 1.29 is 4.79 Å². The summed E-state index contributed by atoms with van der Waals surface area (Å²) in [5.41, 5.74) is 5.84. The van der Waals surface area contributed by atoms with Crippen LogP contribution < -0.4 is 11.1 Å². The molecule has 0 fully saturated rings. The Hall–Kier alpha value is -0.940. The van der Waals surface area contributed by atoms with Crippen molar-refractivity contribution in [1.29, 1.82) is 0 Å². The third-order valence-electron chi connectivity index (χ3n) is 2.48. The first kappa shape index (κ1) is 13.1. The first-order valence-electron chi connectivity index (χ1n) is 5.45. The van der Waals surface area contributed by atoms with Gasteiger partial charge in [-0.3, -0.25) is 4.79 Å². The maximum atomic E-state index is 11.6. The van der Waals surface area contributed by atoms with Gasteiger partial charge < -0.3 is 11.1 Å². The molecule has 0 aliphatic heterocycles. The smallest absolute Gasteiger partial charge is 0.222 e. The normalized spacial score (nSPS) is 14.8. The van der Waals surface area contributed by atoms with E-state index >= 15 is 0 Å². The molecule has 1 aromatic heterocycles. The standard InChI is InChI=1S/C11H19N3OS/c1-7(2)9(12)6-10(15)14-8(3)11-13-4-5-16-11/h4-5,7-9H,6,12H2,1-3H3,(H,14,15). The zero-order valence-electron chi connectivity index (χ0n) is 9.93. The molecule has 16 heavy (non-hydrogen) atoms. The van der Waals surface area contributed by atoms with Crippen LogP contribution in [0.4, 0.5) is 0 Å². The van der Waals surface area contributed by atoms with Crippen molar-refractivity contribution in [2.75, 3.05) is 0 Å². The van der Waals surface area contributed by atoms with Gasteiger partial charge in [0.1, 0.15) is 5.01 Å². The Bertz CT molecular complexity index is 324. The highest BCUT2D eigenvalue weighted by Crippen LogP contribution is 2.15. The molecule has 90 valence electrons. The van der Waals surface area contributed by atoms with Crippen LogP contribution in [0.25, 0.3) is 0 Å². The summed E-state index contributed by atoms with van der Waals surface area (Å²) in [5, 5.41) is 5.72. The lowest BCUT2D eigenvalue weighted by molar-refractivity contribution is -0.122. The molecular formula is C11H19N3OS. The second kappa shape index (κ2) is 5.96. The Morgan fingerprint density at radius 1 is 1.56 bits per heavy atom. The predicted octanol–water partition coefficient (Wildman–Crippen LogP) is 1.69. The summed E-state index contributed by atoms with van der Waals surface area (Å²) in [5.74, 6) is 0.310. The van der Waals surface area contributed by atoms with Gasteiger partial charge in [-0.1, -0.05) is 13.8 Å². The number of carbonyl (C=O) groups is 1. The molecular weight excluding hydrogens is 222 g/mol. The fourth-order valence-electron chi connectivity index (χ4n) is 1.26. The average molecular weight is 241 g/mol. The van der Waals surface area contributed by atoms with E-state index in [-0.39, 0.29) is 18.0 Å². The van der Waals surface area contributed by atoms with Crippen LogP contribution in [-0.2, 0) is 4.79 Å². The molecule has 0 bridgehead atoms. The van der Waals surface area contributed by atoms with Gasteiger partial charge in [-0.15, -0.1) is 11.3 Å². The topological polar surface area (TPSA) is 68.0 Å². The molecule has 3 N–H and O–H groups in total. The van der Waals surface area contributed by atoms with Crippen molar-refractivity contribution in [3.05, 3.63) is 16.6 Å². The van der Waals surface area contributed by atoms with Crippen molar-refractivity contribution in [2.45, 2.75) is 39.3 Å². The number of hydrogen-bond donors (Lipinski definition) is 2. The maximum Gasteiger partial charge on any atom is 0.222 e. The Balaban J connectivity index is 2.40. The van der Waals surface area contributed by atoms with Gasteiger partial charge in [-0.2, -0.15) is 0 Å². The van der Waals surface area contributed by atoms with Gasteiger partial charge in [-0.25, -0.2) is 4.98 Å². The van der Waals surface area contributed by atoms with E-state index in [2.05, 4.69) is 10.3 Å². The Morgan fingerprint density at radius 3 is 2.75 bits per heavy atom. The van der Waals surface area contributed by atoms with Gasteiger partial charge >= 0.3 is 0 Å². The zero-order valence-corrected chi connectivity index (χ0v) is 10.8. The van der Waals surface area contributed by atoms with Crippen LogP contribution in [-0.4, -0.2) is 16.9 Å². The Labute approximate surface area is 100 Å². The highest BCUT2D eigenvalue weighted by molar-refractivity contribution is 7.09. The van der Waals surface area contributed by atoms with Gasteiger partial charge in [0, 0.05) is 24.0 Å². The van der Waals surface area contributed by atoms with E-state index < -0.39 is 0 Å². The average Bonchev–Trinajstić information content (AvgIpc) is 2.69. The quantitative estimate of drug-likeness (QED) is 0.824. The molecule has 1 amide bonds. The van der Waals surface area contributed by atoms with E-state index in [0.717, 1.165) is 5.01 Å². The first-order chi connectivity index (χ1) is 7.50. The number of rotatable bonds is 5. The minimum atomic E-state index is -0.0801. The van der Waals surface area contributed by atoms with Crippen LogP contribution in [0.15, 0.2) is 11.6 Å². The van der Waals surface area contributed by atoms with Crippen LogP contribution in [0, 0.1) is 5.92 Å². The number of carbonyl (C=O) groups excluding carboxylic acids is 1. The highest BCUT2D eigenvalue weighted by Gasteiger charge is 2.16. The molecule has 0 saturated heterocycles. The fraction of sp³-hybridized carbons (Fsp3) is 0.636. The lowest BCUT2D eigenvalue weighted by atomic mass is 10.0. The summed E-state index contributed by atoms with van der Waals surface area (Å²) in [7, 11) is 0. The summed E-state index contributed by atoms with van der Waals surface area (Å²) in [6.07, 6.45) is 2.11. The van der Waals surface area contributed by atoms with Gasteiger partial charge in [0.05, 0.1) is 6.04 Å². The van der Waals surface area contributed by atoms with E-state index in [1.165, 1.54) is 0 Å². The molecule has 0 aromatic carbocycles. The molecule has 0 aliphatic carbocycles. The molecule has 1 rings (SSSR count). The monoisotopic (exact) mass is 241 g/mol. The molecule has 1 heterocycles. The number of aromatic nitrogens is 1. The SMILES string of the molecule is CC(NC(=O)CC(N)C(C)C)c1nccs1. The third kappa shape index (κ3) is 3.90. The van der Waals surface area contributed by atoms with E-state index in [1.54, 1.807) is 17.5 Å². The number of amides is 1. The largest absolute Gasteiger partial charge is 0.347 e. The highest BCUT2D eigenvalue weighted by atomic mass is 32.1. The van der Waals surface area contributed by atoms with Crippen LogP contribution >= 0.6 is 11.3 Å². The van der Waals surface area contributed by atoms with E-state index in [4.69, 9.17) is 5.73 Å². The van der Waals surface area contributed by atoms with Crippen molar-refractivity contribution in [2.24, 2.45) is 11.7 Å². The predicted molar refractivity (Wildman–Crippen MR) is 66.1 cm³/mol. The summed E-state index contributed by atoms with van der Waals surface area (Å²) in [6.45, 7) is 5.96. The molecule has 0 spiro atoms. The van der Waals surface area contributed by atoms with Crippen molar-refractivity contribution in [3.63, 3.8) is 0 Å². The molecule has 0 saturated carbocycles. The van der Waals surface area contributed by atoms with E-state index in [0.29, 0.717) is 12.3 Å². The Morgan fingerprint density at radius 2 is 2.25 bits per heavy atom. The zero-order chi connectivity index (χ0) is 12.1. The van der Waals surface area contributed by atoms with Crippen LogP contribution in [0.1, 0.15) is 38.2 Å². The van der Waals surface area contributed by atoms with Crippen LogP contribution in [0.5, 0.6) is 0 Å². The second-order valence-corrected chi connectivity index (χ2v) is 5.20. The van der Waals surface area contributed by atoms with Crippen molar-refractivity contribution in [3.8, 4) is 0 Å². The minimum absolute atomic E-state index is 0.0103. The Kier molecular flexibility index (Phi) is 4.89. The number of nitrogens with zero attached hydrogens (tertiary/aromatic N) is 1. The summed E-state index contributed by atoms with van der Waals surface area (Å²) in [6, 6.07) is -0.115. The van der Waals surface area contributed by atoms with Gasteiger partial charge in [0.2, 0.25) is 5.91 Å². The van der Waals surface area contributed by atoms with Crippen LogP contribution in [0.2, 0.25) is 0 Å². The van der Waals surface area contributed by atoms with Gasteiger partial charge in [0.15, 0.2) is 0 Å². The second-order valence-electron chi connectivity index (χ2n) is 4.27. The molecule has 0 radical (unpaired) electrons. The lowest BCUT2D eigenvalue weighted by Crippen LogP contribution is -2.35. The molecule has 5 heteroatoms. The number of thiazole rings is 1. The number of nitrogens with one attached hydrogen (secondary N) is 1. The van der Waals surface area contributed by atoms with Gasteiger partial charge in [-0.05, 0) is 12.8 Å². The molecule has 2 atom stereocenters. The summed E-state index contributed by atoms with van der Waals surface area (Å²) in [4.78, 5) is 15.8. The third-order valence-corrected chi connectivity index (χ3v) is 3.43. The number of hydrogen-bond acceptors (Lipinski definition) is 4. The maximum absolute atomic E-state index is 11.6.